The molecule has 1 nitrogen and oxygen atoms in total. The monoisotopic (exact) mass is 310 g/mol. The predicted octanol–water partition coefficient (Wildman–Crippen LogP) is 3.96. The van der Waals surface area contributed by atoms with Crippen molar-refractivity contribution in [1.82, 2.24) is 0 Å². The number of rotatable bonds is 4. The Labute approximate surface area is 123 Å². The molecule has 2 heteroatoms. The minimum absolute atomic E-state index is 0.0768. The second-order valence-corrected chi connectivity index (χ2v) is 11.9. The van der Waals surface area contributed by atoms with Crippen LogP contribution in [-0.4, -0.2) is 48.1 Å². The van der Waals surface area contributed by atoms with E-state index in [1.54, 1.807) is 22.8 Å². The van der Waals surface area contributed by atoms with Crippen LogP contribution in [0.3, 0.4) is 0 Å². The number of hydrogen-bond acceptors (Lipinski definition) is 0. The second kappa shape index (κ2) is 8.70. The summed E-state index contributed by atoms with van der Waals surface area (Å²) in [5.74, 6) is 1.70. The molecule has 0 atom stereocenters. The summed E-state index contributed by atoms with van der Waals surface area (Å²) < 4.78 is 1.43. The van der Waals surface area contributed by atoms with Gasteiger partial charge in [-0.3, -0.25) is 0 Å². The van der Waals surface area contributed by atoms with E-state index in [4.69, 9.17) is 0 Å². The van der Waals surface area contributed by atoms with E-state index in [2.05, 4.69) is 27.7 Å². The van der Waals surface area contributed by atoms with Gasteiger partial charge < -0.3 is 0 Å². The van der Waals surface area contributed by atoms with E-state index >= 15 is 0 Å². The van der Waals surface area contributed by atoms with Crippen LogP contribution in [0.4, 0.5) is 0 Å². The Bertz CT molecular complexity index is 191. The zero-order valence-electron chi connectivity index (χ0n) is 13.4. The van der Waals surface area contributed by atoms with Crippen LogP contribution in [0.15, 0.2) is 0 Å². The van der Waals surface area contributed by atoms with Crippen LogP contribution >= 0.6 is 0 Å². The SMILES string of the molecule is CC(C)C[N+]1(CC(C)C)CCC[CH2][GaH][CH2]CCC1. The fraction of sp³-hybridized carbons (Fsp3) is 1.00. The first-order valence-electron chi connectivity index (χ1n) is 8.39. The Morgan fingerprint density at radius 1 is 0.778 bits per heavy atom. The van der Waals surface area contributed by atoms with Crippen molar-refractivity contribution in [3.63, 3.8) is 0 Å². The van der Waals surface area contributed by atoms with Crippen molar-refractivity contribution in [2.24, 2.45) is 11.8 Å². The molecule has 1 aliphatic heterocycles. The third-order valence-corrected chi connectivity index (χ3v) is 8.47. The molecule has 1 fully saturated rings. The molecule has 1 aliphatic rings. The van der Waals surface area contributed by atoms with Crippen molar-refractivity contribution in [2.75, 3.05) is 26.2 Å². The van der Waals surface area contributed by atoms with Gasteiger partial charge in [-0.25, -0.2) is 0 Å². The van der Waals surface area contributed by atoms with E-state index in [0.717, 1.165) is 11.8 Å². The summed E-state index contributed by atoms with van der Waals surface area (Å²) in [5, 5.41) is 0. The van der Waals surface area contributed by atoms with Gasteiger partial charge in [0.2, 0.25) is 0 Å². The van der Waals surface area contributed by atoms with Gasteiger partial charge in [-0.2, -0.15) is 0 Å². The van der Waals surface area contributed by atoms with Gasteiger partial charge in [-0.05, 0) is 0 Å². The first kappa shape index (κ1) is 16.7. The van der Waals surface area contributed by atoms with Gasteiger partial charge in [-0.1, -0.05) is 0 Å². The molecule has 0 aliphatic carbocycles. The van der Waals surface area contributed by atoms with Crippen molar-refractivity contribution in [3.05, 3.63) is 0 Å². The van der Waals surface area contributed by atoms with Gasteiger partial charge in [0.05, 0.1) is 0 Å². The molecule has 0 unspecified atom stereocenters. The van der Waals surface area contributed by atoms with Crippen LogP contribution in [0, 0.1) is 11.8 Å². The molecule has 1 rings (SSSR count). The Morgan fingerprint density at radius 2 is 1.22 bits per heavy atom. The molecule has 1 saturated heterocycles. The van der Waals surface area contributed by atoms with Gasteiger partial charge >= 0.3 is 123 Å². The van der Waals surface area contributed by atoms with Crippen molar-refractivity contribution in [1.29, 1.82) is 0 Å². The maximum absolute atomic E-state index is 2.41. The zero-order chi connectivity index (χ0) is 13.4. The summed E-state index contributed by atoms with van der Waals surface area (Å²) >= 11 is -0.0768. The third kappa shape index (κ3) is 6.67. The van der Waals surface area contributed by atoms with E-state index < -0.39 is 0 Å². The predicted molar refractivity (Wildman–Crippen MR) is 84.6 cm³/mol. The quantitative estimate of drug-likeness (QED) is 0.544. The van der Waals surface area contributed by atoms with E-state index in [1.165, 1.54) is 43.5 Å². The van der Waals surface area contributed by atoms with Gasteiger partial charge in [0.15, 0.2) is 0 Å². The van der Waals surface area contributed by atoms with Crippen LogP contribution in [0.25, 0.3) is 0 Å². The molecule has 0 radical (unpaired) electrons. The first-order chi connectivity index (χ1) is 8.54. The average molecular weight is 311 g/mol. The first-order valence-corrected chi connectivity index (χ1v) is 12.6. The van der Waals surface area contributed by atoms with Gasteiger partial charge in [0, 0.05) is 0 Å². The molecule has 18 heavy (non-hydrogen) atoms. The summed E-state index contributed by atoms with van der Waals surface area (Å²) in [6.07, 6.45) is 6.11. The Hall–Kier alpha value is 0.596. The zero-order valence-corrected chi connectivity index (χ0v) is 16.3. The van der Waals surface area contributed by atoms with Crippen molar-refractivity contribution < 1.29 is 4.48 Å². The van der Waals surface area contributed by atoms with Crippen LogP contribution < -0.4 is 0 Å². The summed E-state index contributed by atoms with van der Waals surface area (Å²) in [6.45, 7) is 15.4. The van der Waals surface area contributed by atoms with Crippen molar-refractivity contribution in [3.8, 4) is 0 Å². The Morgan fingerprint density at radius 3 is 1.61 bits per heavy atom. The van der Waals surface area contributed by atoms with Crippen LogP contribution in [-0.2, 0) is 0 Å². The topological polar surface area (TPSA) is 0 Å². The number of hydrogen-bond donors (Lipinski definition) is 0. The van der Waals surface area contributed by atoms with Gasteiger partial charge in [0.1, 0.15) is 0 Å². The molecular weight excluding hydrogens is 276 g/mol. The minimum atomic E-state index is -0.0768. The average Bonchev–Trinajstić information content (AvgIpc) is 2.25. The summed E-state index contributed by atoms with van der Waals surface area (Å²) in [7, 11) is 0. The summed E-state index contributed by atoms with van der Waals surface area (Å²) in [5.41, 5.74) is 0. The molecule has 106 valence electrons. The van der Waals surface area contributed by atoms with E-state index in [9.17, 15) is 0 Å². The van der Waals surface area contributed by atoms with Crippen molar-refractivity contribution in [2.45, 2.75) is 63.3 Å². The molecule has 0 spiro atoms. The van der Waals surface area contributed by atoms with Crippen molar-refractivity contribution >= 4 is 17.4 Å². The van der Waals surface area contributed by atoms with E-state index in [-0.39, 0.29) is 17.4 Å². The molecule has 0 saturated carbocycles. The second-order valence-electron chi connectivity index (χ2n) is 7.42. The normalized spacial score (nSPS) is 21.9. The van der Waals surface area contributed by atoms with Crippen LogP contribution in [0.2, 0.25) is 9.95 Å². The van der Waals surface area contributed by atoms with E-state index in [1.807, 2.05) is 0 Å². The van der Waals surface area contributed by atoms with Gasteiger partial charge in [0.25, 0.3) is 0 Å². The summed E-state index contributed by atoms with van der Waals surface area (Å²) in [4.78, 5) is 3.33. The number of nitrogens with zero attached hydrogens (tertiary/aromatic N) is 1. The fourth-order valence-corrected chi connectivity index (χ4v) is 7.59. The fourth-order valence-electron chi connectivity index (χ4n) is 3.88. The van der Waals surface area contributed by atoms with E-state index in [0.29, 0.717) is 0 Å². The third-order valence-electron chi connectivity index (χ3n) is 4.27. The Kier molecular flexibility index (Phi) is 8.05. The van der Waals surface area contributed by atoms with Crippen LogP contribution in [0.5, 0.6) is 0 Å². The Balaban J connectivity index is 2.66. The van der Waals surface area contributed by atoms with Gasteiger partial charge in [-0.15, -0.1) is 0 Å². The number of quaternary nitrogens is 1. The molecule has 0 amide bonds. The molecule has 0 aromatic carbocycles. The molecule has 0 bridgehead atoms. The molecule has 0 aromatic heterocycles. The molecule has 0 N–H and O–H groups in total. The van der Waals surface area contributed by atoms with Crippen LogP contribution in [0.1, 0.15) is 53.4 Å². The summed E-state index contributed by atoms with van der Waals surface area (Å²) in [6, 6.07) is 0. The molecule has 1 heterocycles. The molecular formula is C16H35GaN+. The maximum atomic E-state index is 2.41. The molecule has 0 aromatic rings. The standard InChI is InChI=1S/C16H34N.Ga.H/c1-7-9-11-17(12-10-8-2,13-15(3)4)14-16(5)6;;/h15-16H,1-2,7-14H2,3-6H3;;/q+1;;.